The lowest BCUT2D eigenvalue weighted by Gasteiger charge is -2.22. The summed E-state index contributed by atoms with van der Waals surface area (Å²) < 4.78 is 15.6. The van der Waals surface area contributed by atoms with Crippen molar-refractivity contribution in [3.63, 3.8) is 0 Å². The quantitative estimate of drug-likeness (QED) is 0.652. The van der Waals surface area contributed by atoms with Crippen LogP contribution in [0, 0.1) is 0 Å². The largest absolute Gasteiger partial charge is 0.506 e. The number of nitrogens with two attached hydrogens (primary N) is 1. The third kappa shape index (κ3) is 3.57. The Labute approximate surface area is 153 Å². The Morgan fingerprint density at radius 3 is 2.67 bits per heavy atom. The van der Waals surface area contributed by atoms with E-state index in [4.69, 9.17) is 15.2 Å². The number of carbonyl (C=O) groups excluding carboxylic acids is 2. The number of amides is 1. The zero-order chi connectivity index (χ0) is 19.6. The van der Waals surface area contributed by atoms with Gasteiger partial charge in [0.1, 0.15) is 24.5 Å². The first-order valence-corrected chi connectivity index (χ1v) is 8.13. The highest BCUT2D eigenvalue weighted by Gasteiger charge is 2.28. The summed E-state index contributed by atoms with van der Waals surface area (Å²) in [6.45, 7) is 0.777. The molecule has 9 nitrogen and oxygen atoms in total. The van der Waals surface area contributed by atoms with E-state index in [-0.39, 0.29) is 17.5 Å². The van der Waals surface area contributed by atoms with E-state index < -0.39 is 29.1 Å². The minimum Gasteiger partial charge on any atom is -0.506 e. The fraction of sp³-hybridized carbons (Fsp3) is 0.278. The predicted octanol–water partition coefficient (Wildman–Crippen LogP) is 0.646. The standard InChI is InChI=1S/C18H18N2O7/c1-25-18(24)11-8-20-17(23)15(16(11)22)10(7-14(19)21)9-2-3-12-13(6-9)27-5-4-26-12/h2-3,6,8,10H,4-5,7H2,1H3,(H2,19,21)(H2,20,22,23)/t10-/m1/s1. The molecule has 0 fully saturated rings. The van der Waals surface area contributed by atoms with Gasteiger partial charge < -0.3 is 30.0 Å². The number of ether oxygens (including phenoxy) is 3. The maximum Gasteiger partial charge on any atom is 0.343 e. The number of carbonyl (C=O) groups is 2. The molecule has 0 bridgehead atoms. The molecule has 1 aromatic heterocycles. The van der Waals surface area contributed by atoms with Crippen molar-refractivity contribution in [2.24, 2.45) is 5.73 Å². The first kappa shape index (κ1) is 18.3. The number of methoxy groups -OCH3 is 1. The van der Waals surface area contributed by atoms with Gasteiger partial charge in [-0.15, -0.1) is 0 Å². The third-order valence-electron chi connectivity index (χ3n) is 4.23. The van der Waals surface area contributed by atoms with Crippen LogP contribution in [0.4, 0.5) is 0 Å². The zero-order valence-corrected chi connectivity index (χ0v) is 14.5. The first-order valence-electron chi connectivity index (χ1n) is 8.13. The summed E-state index contributed by atoms with van der Waals surface area (Å²) >= 11 is 0. The van der Waals surface area contributed by atoms with E-state index >= 15 is 0 Å². The lowest BCUT2D eigenvalue weighted by atomic mass is 9.87. The summed E-state index contributed by atoms with van der Waals surface area (Å²) in [5, 5.41) is 10.5. The Bertz CT molecular complexity index is 951. The average molecular weight is 374 g/mol. The van der Waals surface area contributed by atoms with Crippen LogP contribution in [0.2, 0.25) is 0 Å². The number of aromatic hydroxyl groups is 1. The molecule has 1 aliphatic rings. The number of fused-ring (bicyclic) bond motifs is 1. The second-order valence-corrected chi connectivity index (χ2v) is 5.91. The van der Waals surface area contributed by atoms with Gasteiger partial charge in [0.2, 0.25) is 5.91 Å². The molecule has 0 aliphatic carbocycles. The van der Waals surface area contributed by atoms with Gasteiger partial charge in [0, 0.05) is 18.5 Å². The number of primary amides is 1. The van der Waals surface area contributed by atoms with Crippen molar-refractivity contribution in [3.05, 3.63) is 51.4 Å². The molecule has 2 heterocycles. The highest BCUT2D eigenvalue weighted by Crippen LogP contribution is 2.38. The van der Waals surface area contributed by atoms with Gasteiger partial charge in [-0.2, -0.15) is 0 Å². The minimum atomic E-state index is -0.897. The van der Waals surface area contributed by atoms with Crippen LogP contribution in [0.3, 0.4) is 0 Å². The number of aromatic nitrogens is 1. The predicted molar refractivity (Wildman–Crippen MR) is 93.2 cm³/mol. The van der Waals surface area contributed by atoms with E-state index in [0.29, 0.717) is 30.3 Å². The minimum absolute atomic E-state index is 0.159. The van der Waals surface area contributed by atoms with E-state index in [1.54, 1.807) is 18.2 Å². The van der Waals surface area contributed by atoms with Crippen molar-refractivity contribution in [1.29, 1.82) is 0 Å². The van der Waals surface area contributed by atoms with Crippen molar-refractivity contribution < 1.29 is 28.9 Å². The van der Waals surface area contributed by atoms with Gasteiger partial charge in [0.25, 0.3) is 5.56 Å². The van der Waals surface area contributed by atoms with Crippen molar-refractivity contribution in [2.75, 3.05) is 20.3 Å². The highest BCUT2D eigenvalue weighted by atomic mass is 16.6. The van der Waals surface area contributed by atoms with Crippen LogP contribution < -0.4 is 20.8 Å². The number of nitrogens with one attached hydrogen (secondary N) is 1. The van der Waals surface area contributed by atoms with E-state index in [2.05, 4.69) is 9.72 Å². The fourth-order valence-electron chi connectivity index (χ4n) is 2.99. The molecule has 142 valence electrons. The molecule has 9 heteroatoms. The van der Waals surface area contributed by atoms with Crippen molar-refractivity contribution in [3.8, 4) is 17.2 Å². The second kappa shape index (κ2) is 7.40. The number of aromatic amines is 1. The Morgan fingerprint density at radius 1 is 1.30 bits per heavy atom. The lowest BCUT2D eigenvalue weighted by molar-refractivity contribution is -0.118. The summed E-state index contributed by atoms with van der Waals surface area (Å²) in [5.41, 5.74) is 4.82. The van der Waals surface area contributed by atoms with E-state index in [9.17, 15) is 19.5 Å². The summed E-state index contributed by atoms with van der Waals surface area (Å²) in [6, 6.07) is 4.91. The van der Waals surface area contributed by atoms with Crippen LogP contribution in [-0.2, 0) is 9.53 Å². The van der Waals surface area contributed by atoms with Crippen molar-refractivity contribution in [1.82, 2.24) is 4.98 Å². The molecule has 1 aromatic carbocycles. The van der Waals surface area contributed by atoms with Gasteiger partial charge in [-0.25, -0.2) is 4.79 Å². The van der Waals surface area contributed by atoms with Crippen LogP contribution in [0.25, 0.3) is 0 Å². The topological polar surface area (TPSA) is 141 Å². The number of benzene rings is 1. The van der Waals surface area contributed by atoms with Crippen molar-refractivity contribution >= 4 is 11.9 Å². The third-order valence-corrected chi connectivity index (χ3v) is 4.23. The molecule has 1 aliphatic heterocycles. The number of pyridine rings is 1. The summed E-state index contributed by atoms with van der Waals surface area (Å²) in [6.07, 6.45) is 0.791. The lowest BCUT2D eigenvalue weighted by Crippen LogP contribution is -2.24. The zero-order valence-electron chi connectivity index (χ0n) is 14.5. The van der Waals surface area contributed by atoms with Crippen LogP contribution in [0.1, 0.15) is 33.8 Å². The second-order valence-electron chi connectivity index (χ2n) is 5.91. The molecule has 3 rings (SSSR count). The molecule has 1 amide bonds. The normalized spacial score (nSPS) is 13.7. The van der Waals surface area contributed by atoms with E-state index in [1.807, 2.05) is 0 Å². The average Bonchev–Trinajstić information content (AvgIpc) is 2.66. The molecule has 27 heavy (non-hydrogen) atoms. The monoisotopic (exact) mass is 374 g/mol. The van der Waals surface area contributed by atoms with Gasteiger partial charge in [0.05, 0.1) is 12.7 Å². The molecule has 0 radical (unpaired) electrons. The number of esters is 1. The highest BCUT2D eigenvalue weighted by molar-refractivity contribution is 5.92. The van der Waals surface area contributed by atoms with Crippen molar-refractivity contribution in [2.45, 2.75) is 12.3 Å². The molecule has 2 aromatic rings. The first-order chi connectivity index (χ1) is 12.9. The van der Waals surface area contributed by atoms with Gasteiger partial charge >= 0.3 is 5.97 Å². The smallest absolute Gasteiger partial charge is 0.343 e. The Morgan fingerprint density at radius 2 is 2.00 bits per heavy atom. The van der Waals surface area contributed by atoms with Gasteiger partial charge in [0.15, 0.2) is 11.5 Å². The molecule has 0 saturated carbocycles. The van der Waals surface area contributed by atoms with Crippen LogP contribution in [0.5, 0.6) is 17.2 Å². The number of hydrogen-bond acceptors (Lipinski definition) is 7. The Kier molecular flexibility index (Phi) is 5.02. The molecule has 0 saturated heterocycles. The van der Waals surface area contributed by atoms with Crippen LogP contribution in [-0.4, -0.2) is 42.3 Å². The molecular weight excluding hydrogens is 356 g/mol. The number of H-pyrrole nitrogens is 1. The summed E-state index contributed by atoms with van der Waals surface area (Å²) in [7, 11) is 1.15. The fourth-order valence-corrected chi connectivity index (χ4v) is 2.99. The summed E-state index contributed by atoms with van der Waals surface area (Å²) in [4.78, 5) is 38.3. The van der Waals surface area contributed by atoms with Gasteiger partial charge in [-0.05, 0) is 17.7 Å². The van der Waals surface area contributed by atoms with Crippen LogP contribution in [0.15, 0.2) is 29.2 Å². The molecular formula is C18H18N2O7. The Balaban J connectivity index is 2.15. The maximum absolute atomic E-state index is 12.4. The van der Waals surface area contributed by atoms with E-state index in [1.165, 1.54) is 0 Å². The SMILES string of the molecule is COC(=O)c1c[nH]c(=O)c([C@H](CC(N)=O)c2ccc3c(c2)OCCO3)c1O. The summed E-state index contributed by atoms with van der Waals surface area (Å²) in [5.74, 6) is -1.99. The van der Waals surface area contributed by atoms with Gasteiger partial charge in [-0.1, -0.05) is 6.07 Å². The number of hydrogen-bond donors (Lipinski definition) is 3. The van der Waals surface area contributed by atoms with Crippen LogP contribution >= 0.6 is 0 Å². The molecule has 0 unspecified atom stereocenters. The number of rotatable bonds is 5. The molecule has 0 spiro atoms. The maximum atomic E-state index is 12.4. The Hall–Kier alpha value is -3.49. The van der Waals surface area contributed by atoms with Gasteiger partial charge in [-0.3, -0.25) is 9.59 Å². The van der Waals surface area contributed by atoms with E-state index in [0.717, 1.165) is 13.3 Å². The molecule has 1 atom stereocenters. The molecule has 4 N–H and O–H groups in total.